The van der Waals surface area contributed by atoms with Crippen molar-refractivity contribution in [3.63, 3.8) is 0 Å². The predicted octanol–water partition coefficient (Wildman–Crippen LogP) is 5.55. The summed E-state index contributed by atoms with van der Waals surface area (Å²) in [4.78, 5) is 32.8. The van der Waals surface area contributed by atoms with Crippen molar-refractivity contribution in [3.05, 3.63) is 104 Å². The number of benzene rings is 2. The van der Waals surface area contributed by atoms with E-state index in [-0.39, 0.29) is 16.8 Å². The first-order valence-electron chi connectivity index (χ1n) is 9.22. The Morgan fingerprint density at radius 1 is 1.00 bits per heavy atom. The van der Waals surface area contributed by atoms with Gasteiger partial charge in [0.25, 0.3) is 5.91 Å². The molecule has 5 nitrogen and oxygen atoms in total. The van der Waals surface area contributed by atoms with Gasteiger partial charge in [-0.05, 0) is 60.5 Å². The maximum Gasteiger partial charge on any atom is 0.296 e. The van der Waals surface area contributed by atoms with E-state index in [2.05, 4.69) is 4.98 Å². The Morgan fingerprint density at radius 2 is 1.80 bits per heavy atom. The quantitative estimate of drug-likeness (QED) is 0.412. The average Bonchev–Trinajstić information content (AvgIpc) is 3.01. The molecule has 30 heavy (non-hydrogen) atoms. The number of rotatable bonds is 2. The summed E-state index contributed by atoms with van der Waals surface area (Å²) >= 11 is 12.3. The topological polar surface area (TPSA) is 63.4 Å². The number of aromatic nitrogens is 1. The first kappa shape index (κ1) is 18.9. The Hall–Kier alpha value is -3.15. The Kier molecular flexibility index (Phi) is 4.38. The minimum Gasteiger partial charge on any atom is -0.450 e. The molecule has 148 valence electrons. The number of carbonyl (C=O) groups excluding carboxylic acids is 1. The fourth-order valence-electron chi connectivity index (χ4n) is 3.83. The van der Waals surface area contributed by atoms with Crippen LogP contribution in [0, 0.1) is 6.92 Å². The lowest BCUT2D eigenvalue weighted by Crippen LogP contribution is -2.30. The molecular formula is C23H14Cl2N2O3. The smallest absolute Gasteiger partial charge is 0.296 e. The van der Waals surface area contributed by atoms with Crippen LogP contribution in [0.2, 0.25) is 10.0 Å². The number of amides is 1. The summed E-state index contributed by atoms with van der Waals surface area (Å²) in [6.07, 6.45) is 1.63. The van der Waals surface area contributed by atoms with Crippen LogP contribution in [0.4, 0.5) is 5.82 Å². The van der Waals surface area contributed by atoms with Gasteiger partial charge in [0.15, 0.2) is 5.43 Å². The third-order valence-corrected chi connectivity index (χ3v) is 5.61. The lowest BCUT2D eigenvalue weighted by molar-refractivity contribution is 0.0970. The van der Waals surface area contributed by atoms with Crippen molar-refractivity contribution in [2.75, 3.05) is 4.90 Å². The zero-order chi connectivity index (χ0) is 21.0. The molecule has 1 aliphatic heterocycles. The molecule has 4 aromatic rings. The van der Waals surface area contributed by atoms with Gasteiger partial charge in [0.05, 0.1) is 17.0 Å². The lowest BCUT2D eigenvalue weighted by Gasteiger charge is -2.24. The van der Waals surface area contributed by atoms with Crippen LogP contribution >= 0.6 is 23.2 Å². The molecule has 3 heterocycles. The highest BCUT2D eigenvalue weighted by molar-refractivity contribution is 6.31. The summed E-state index contributed by atoms with van der Waals surface area (Å²) in [7, 11) is 0. The number of nitrogens with zero attached hydrogens (tertiary/aromatic N) is 2. The van der Waals surface area contributed by atoms with Crippen LogP contribution in [0.15, 0.2) is 70.0 Å². The van der Waals surface area contributed by atoms with Gasteiger partial charge in [-0.3, -0.25) is 14.5 Å². The van der Waals surface area contributed by atoms with Crippen LogP contribution < -0.4 is 10.3 Å². The summed E-state index contributed by atoms with van der Waals surface area (Å²) in [5.41, 5.74) is 1.87. The van der Waals surface area contributed by atoms with Gasteiger partial charge in [0.2, 0.25) is 5.76 Å². The predicted molar refractivity (Wildman–Crippen MR) is 117 cm³/mol. The van der Waals surface area contributed by atoms with Gasteiger partial charge in [-0.25, -0.2) is 4.98 Å². The van der Waals surface area contributed by atoms with E-state index in [4.69, 9.17) is 27.6 Å². The van der Waals surface area contributed by atoms with Gasteiger partial charge >= 0.3 is 0 Å². The van der Waals surface area contributed by atoms with E-state index in [0.717, 1.165) is 5.56 Å². The molecule has 0 radical (unpaired) electrons. The minimum atomic E-state index is -0.722. The van der Waals surface area contributed by atoms with Crippen LogP contribution in [0.3, 0.4) is 0 Å². The molecule has 0 bridgehead atoms. The second-order valence-electron chi connectivity index (χ2n) is 7.14. The number of pyridine rings is 1. The second-order valence-corrected chi connectivity index (χ2v) is 8.01. The molecular weight excluding hydrogens is 423 g/mol. The molecule has 0 fully saturated rings. The van der Waals surface area contributed by atoms with E-state index in [1.165, 1.54) is 4.90 Å². The third kappa shape index (κ3) is 2.90. The molecule has 0 N–H and O–H groups in total. The molecule has 2 aromatic heterocycles. The number of fused-ring (bicyclic) bond motifs is 2. The van der Waals surface area contributed by atoms with Crippen molar-refractivity contribution < 1.29 is 9.21 Å². The van der Waals surface area contributed by atoms with Crippen molar-refractivity contribution in [3.8, 4) is 0 Å². The van der Waals surface area contributed by atoms with E-state index in [0.29, 0.717) is 32.4 Å². The Balaban J connectivity index is 1.84. The lowest BCUT2D eigenvalue weighted by atomic mass is 9.98. The molecule has 2 aromatic carbocycles. The zero-order valence-electron chi connectivity index (χ0n) is 15.7. The number of halogens is 2. The monoisotopic (exact) mass is 436 g/mol. The summed E-state index contributed by atoms with van der Waals surface area (Å²) in [6, 6.07) is 14.7. The molecule has 1 aliphatic rings. The maximum absolute atomic E-state index is 13.5. The number of anilines is 1. The minimum absolute atomic E-state index is 0.00287. The van der Waals surface area contributed by atoms with Gasteiger partial charge < -0.3 is 4.42 Å². The average molecular weight is 437 g/mol. The molecule has 5 rings (SSSR count). The Bertz CT molecular complexity index is 1400. The molecule has 7 heteroatoms. The number of aryl methyl sites for hydroxylation is 1. The Morgan fingerprint density at radius 3 is 2.57 bits per heavy atom. The molecule has 0 saturated heterocycles. The molecule has 0 saturated carbocycles. The number of carbonyl (C=O) groups is 1. The summed E-state index contributed by atoms with van der Waals surface area (Å²) in [6.45, 7) is 1.91. The van der Waals surface area contributed by atoms with Crippen LogP contribution in [-0.4, -0.2) is 10.9 Å². The SMILES string of the molecule is Cc1ccnc(N2C(=O)c3oc4ccc(Cl)cc4c(=O)c3C2c2cccc(Cl)c2)c1. The van der Waals surface area contributed by atoms with Gasteiger partial charge in [0, 0.05) is 16.2 Å². The van der Waals surface area contributed by atoms with Gasteiger partial charge in [0.1, 0.15) is 11.4 Å². The molecule has 0 aliphatic carbocycles. The van der Waals surface area contributed by atoms with Crippen molar-refractivity contribution in [2.24, 2.45) is 0 Å². The highest BCUT2D eigenvalue weighted by Gasteiger charge is 2.44. The van der Waals surface area contributed by atoms with Crippen LogP contribution in [0.5, 0.6) is 0 Å². The summed E-state index contributed by atoms with van der Waals surface area (Å²) in [5, 5.41) is 1.23. The van der Waals surface area contributed by atoms with Crippen LogP contribution in [0.25, 0.3) is 11.0 Å². The fourth-order valence-corrected chi connectivity index (χ4v) is 4.20. The molecule has 0 spiro atoms. The van der Waals surface area contributed by atoms with Crippen molar-refractivity contribution in [2.45, 2.75) is 13.0 Å². The van der Waals surface area contributed by atoms with Crippen molar-refractivity contribution in [1.82, 2.24) is 4.98 Å². The first-order valence-corrected chi connectivity index (χ1v) is 9.97. The zero-order valence-corrected chi connectivity index (χ0v) is 17.2. The maximum atomic E-state index is 13.5. The summed E-state index contributed by atoms with van der Waals surface area (Å²) < 4.78 is 5.91. The van der Waals surface area contributed by atoms with Gasteiger partial charge in [-0.2, -0.15) is 0 Å². The highest BCUT2D eigenvalue weighted by Crippen LogP contribution is 2.41. The molecule has 1 amide bonds. The van der Waals surface area contributed by atoms with Crippen LogP contribution in [0.1, 0.15) is 33.3 Å². The fraction of sp³-hybridized carbons (Fsp3) is 0.0870. The standard InChI is InChI=1S/C23H14Cl2N2O3/c1-12-7-8-26-18(9-12)27-20(13-3-2-4-14(24)10-13)19-21(28)16-11-15(25)5-6-17(16)30-22(19)23(27)29/h2-11,20H,1H3. The Labute approximate surface area is 181 Å². The van der Waals surface area contributed by atoms with Crippen molar-refractivity contribution >= 4 is 45.9 Å². The first-order chi connectivity index (χ1) is 14.4. The van der Waals surface area contributed by atoms with E-state index >= 15 is 0 Å². The molecule has 1 atom stereocenters. The van der Waals surface area contributed by atoms with E-state index in [1.807, 2.05) is 19.1 Å². The molecule has 1 unspecified atom stereocenters. The number of hydrogen-bond donors (Lipinski definition) is 0. The van der Waals surface area contributed by atoms with E-state index in [9.17, 15) is 9.59 Å². The van der Waals surface area contributed by atoms with Gasteiger partial charge in [-0.1, -0.05) is 35.3 Å². The van der Waals surface area contributed by atoms with E-state index in [1.54, 1.807) is 48.7 Å². The number of hydrogen-bond acceptors (Lipinski definition) is 4. The highest BCUT2D eigenvalue weighted by atomic mass is 35.5. The largest absolute Gasteiger partial charge is 0.450 e. The summed E-state index contributed by atoms with van der Waals surface area (Å²) in [5.74, 6) is 0.00277. The second kappa shape index (κ2) is 6.97. The normalized spacial score (nSPS) is 15.6. The van der Waals surface area contributed by atoms with Crippen LogP contribution in [-0.2, 0) is 0 Å². The van der Waals surface area contributed by atoms with Gasteiger partial charge in [-0.15, -0.1) is 0 Å². The van der Waals surface area contributed by atoms with Crippen molar-refractivity contribution in [1.29, 1.82) is 0 Å². The third-order valence-electron chi connectivity index (χ3n) is 5.14. The van der Waals surface area contributed by atoms with E-state index < -0.39 is 11.9 Å².